The predicted octanol–water partition coefficient (Wildman–Crippen LogP) is 3.98. The largest absolute Gasteiger partial charge is 0.357 e. The predicted molar refractivity (Wildman–Crippen MR) is 138 cm³/mol. The molecule has 0 radical (unpaired) electrons. The van der Waals surface area contributed by atoms with E-state index in [1.165, 1.54) is 49.0 Å². The Kier molecular flexibility index (Phi) is 9.19. The molecule has 2 aliphatic heterocycles. The van der Waals surface area contributed by atoms with Crippen LogP contribution in [0.5, 0.6) is 0 Å². The molecule has 4 rings (SSSR count). The van der Waals surface area contributed by atoms with Gasteiger partial charge in [-0.1, -0.05) is 30.7 Å². The van der Waals surface area contributed by atoms with Gasteiger partial charge in [0.15, 0.2) is 5.96 Å². The van der Waals surface area contributed by atoms with E-state index >= 15 is 0 Å². The number of hydrogen-bond donors (Lipinski definition) is 1. The summed E-state index contributed by atoms with van der Waals surface area (Å²) in [5.74, 6) is 1.57. The Balaban J connectivity index is 0.00000272. The molecule has 2 aromatic rings. The number of guanidine groups is 1. The van der Waals surface area contributed by atoms with Crippen molar-refractivity contribution in [3.63, 3.8) is 0 Å². The van der Waals surface area contributed by atoms with E-state index in [1.807, 2.05) is 17.9 Å². The minimum Gasteiger partial charge on any atom is -0.357 e. The summed E-state index contributed by atoms with van der Waals surface area (Å²) in [4.78, 5) is 10.0. The number of halogens is 1. The van der Waals surface area contributed by atoms with E-state index in [4.69, 9.17) is 4.99 Å². The van der Waals surface area contributed by atoms with E-state index in [0.29, 0.717) is 5.92 Å². The fourth-order valence-corrected chi connectivity index (χ4v) is 4.69. The average molecular weight is 537 g/mol. The maximum Gasteiger partial charge on any atom is 0.194 e. The van der Waals surface area contributed by atoms with E-state index in [0.717, 1.165) is 45.1 Å². The second-order valence-electron chi connectivity index (χ2n) is 8.65. The number of aliphatic imine (C=N–C) groups is 1. The van der Waals surface area contributed by atoms with Crippen LogP contribution in [0.15, 0.2) is 41.7 Å². The van der Waals surface area contributed by atoms with Gasteiger partial charge in [-0.3, -0.25) is 9.58 Å². The highest BCUT2D eigenvalue weighted by Crippen LogP contribution is 2.27. The molecule has 3 heterocycles. The molecule has 2 fully saturated rings. The first-order valence-corrected chi connectivity index (χ1v) is 11.5. The number of benzene rings is 1. The highest BCUT2D eigenvalue weighted by Gasteiger charge is 2.27. The third-order valence-corrected chi connectivity index (χ3v) is 6.38. The molecule has 0 saturated carbocycles. The topological polar surface area (TPSA) is 48.7 Å². The lowest BCUT2D eigenvalue weighted by atomic mass is 10.0. The second kappa shape index (κ2) is 11.9. The zero-order valence-corrected chi connectivity index (χ0v) is 21.3. The van der Waals surface area contributed by atoms with E-state index in [1.54, 1.807) is 0 Å². The van der Waals surface area contributed by atoms with Gasteiger partial charge in [0.1, 0.15) is 0 Å². The molecule has 0 spiro atoms. The Hall–Kier alpha value is -1.61. The third-order valence-electron chi connectivity index (χ3n) is 6.38. The van der Waals surface area contributed by atoms with Gasteiger partial charge in [0, 0.05) is 45.3 Å². The second-order valence-corrected chi connectivity index (χ2v) is 8.65. The van der Waals surface area contributed by atoms with Crippen molar-refractivity contribution in [3.8, 4) is 0 Å². The van der Waals surface area contributed by atoms with Gasteiger partial charge >= 0.3 is 0 Å². The molecule has 6 nitrogen and oxygen atoms in total. The number of aromatic nitrogens is 2. The molecule has 1 aromatic carbocycles. The van der Waals surface area contributed by atoms with Crippen LogP contribution < -0.4 is 5.32 Å². The average Bonchev–Trinajstić information content (AvgIpc) is 3.42. The molecule has 1 aromatic heterocycles. The van der Waals surface area contributed by atoms with Gasteiger partial charge < -0.3 is 10.2 Å². The molecule has 1 atom stereocenters. The smallest absolute Gasteiger partial charge is 0.194 e. The number of aryl methyl sites for hydroxylation is 1. The fraction of sp³-hybridized carbons (Fsp3) is 0.583. The highest BCUT2D eigenvalue weighted by atomic mass is 127. The minimum absolute atomic E-state index is 0. The number of likely N-dealkylation sites (tertiary alicyclic amines) is 2. The van der Waals surface area contributed by atoms with Crippen LogP contribution in [-0.2, 0) is 20.1 Å². The first-order valence-electron chi connectivity index (χ1n) is 11.5. The monoisotopic (exact) mass is 536 g/mol. The third kappa shape index (κ3) is 6.44. The van der Waals surface area contributed by atoms with Gasteiger partial charge in [-0.25, -0.2) is 4.99 Å². The molecule has 31 heavy (non-hydrogen) atoms. The number of rotatable bonds is 6. The number of nitrogens with one attached hydrogen (secondary N) is 1. The number of piperidine rings is 1. The van der Waals surface area contributed by atoms with Crippen molar-refractivity contribution in [3.05, 3.63) is 53.3 Å². The summed E-state index contributed by atoms with van der Waals surface area (Å²) in [5.41, 5.74) is 4.11. The molecular weight excluding hydrogens is 499 g/mol. The van der Waals surface area contributed by atoms with Crippen LogP contribution in [0.2, 0.25) is 0 Å². The molecule has 1 N–H and O–H groups in total. The number of hydrogen-bond acceptors (Lipinski definition) is 3. The van der Waals surface area contributed by atoms with Crippen LogP contribution in [0.1, 0.15) is 55.2 Å². The normalized spacial score (nSPS) is 20.0. The van der Waals surface area contributed by atoms with E-state index in [2.05, 4.69) is 57.6 Å². The summed E-state index contributed by atoms with van der Waals surface area (Å²) in [6.07, 6.45) is 9.35. The molecular formula is C24H37IN6. The van der Waals surface area contributed by atoms with Crippen molar-refractivity contribution >= 4 is 29.9 Å². The molecule has 2 saturated heterocycles. The summed E-state index contributed by atoms with van der Waals surface area (Å²) in [6, 6.07) is 8.83. The standard InChI is InChI=1S/C24H36N6.HI/c1-3-25-24(30-14-11-22(19-30)23-16-27-28(2)17-23)26-15-20-9-5-6-10-21(20)18-29-12-7-4-8-13-29;/h5-6,9-10,16-17,22H,3-4,7-8,11-15,18-19H2,1-2H3,(H,25,26);1H. The molecule has 2 aliphatic rings. The van der Waals surface area contributed by atoms with Crippen molar-refractivity contribution in [1.29, 1.82) is 0 Å². The van der Waals surface area contributed by atoms with Gasteiger partial charge in [-0.2, -0.15) is 5.10 Å². The lowest BCUT2D eigenvalue weighted by Crippen LogP contribution is -2.40. The van der Waals surface area contributed by atoms with Crippen LogP contribution in [-0.4, -0.2) is 58.3 Å². The Labute approximate surface area is 204 Å². The Morgan fingerprint density at radius 1 is 1.13 bits per heavy atom. The summed E-state index contributed by atoms with van der Waals surface area (Å²) in [6.45, 7) is 9.33. The maximum absolute atomic E-state index is 5.04. The van der Waals surface area contributed by atoms with Crippen molar-refractivity contribution in [2.45, 2.75) is 51.6 Å². The SMILES string of the molecule is CCNC(=NCc1ccccc1CN1CCCCC1)N1CCC(c2cnn(C)c2)C1.I. The summed E-state index contributed by atoms with van der Waals surface area (Å²) >= 11 is 0. The number of nitrogens with zero attached hydrogens (tertiary/aromatic N) is 5. The van der Waals surface area contributed by atoms with E-state index in [-0.39, 0.29) is 24.0 Å². The van der Waals surface area contributed by atoms with Crippen molar-refractivity contribution in [1.82, 2.24) is 24.9 Å². The fourth-order valence-electron chi connectivity index (χ4n) is 4.69. The summed E-state index contributed by atoms with van der Waals surface area (Å²) < 4.78 is 1.90. The van der Waals surface area contributed by atoms with Gasteiger partial charge in [0.25, 0.3) is 0 Å². The summed E-state index contributed by atoms with van der Waals surface area (Å²) in [5, 5.41) is 7.87. The van der Waals surface area contributed by atoms with Gasteiger partial charge in [0.05, 0.1) is 12.7 Å². The van der Waals surface area contributed by atoms with Crippen molar-refractivity contribution < 1.29 is 0 Å². The zero-order valence-electron chi connectivity index (χ0n) is 19.0. The van der Waals surface area contributed by atoms with Crippen LogP contribution in [0, 0.1) is 0 Å². The lowest BCUT2D eigenvalue weighted by molar-refractivity contribution is 0.220. The molecule has 1 unspecified atom stereocenters. The van der Waals surface area contributed by atoms with Crippen molar-refractivity contribution in [2.75, 3.05) is 32.7 Å². The van der Waals surface area contributed by atoms with Gasteiger partial charge in [-0.05, 0) is 56.0 Å². The summed E-state index contributed by atoms with van der Waals surface area (Å²) in [7, 11) is 1.99. The molecule has 0 aliphatic carbocycles. The highest BCUT2D eigenvalue weighted by molar-refractivity contribution is 14.0. The molecule has 0 amide bonds. The van der Waals surface area contributed by atoms with Crippen LogP contribution >= 0.6 is 24.0 Å². The van der Waals surface area contributed by atoms with Gasteiger partial charge in [-0.15, -0.1) is 24.0 Å². The minimum atomic E-state index is 0. The maximum atomic E-state index is 5.04. The van der Waals surface area contributed by atoms with Crippen molar-refractivity contribution in [2.24, 2.45) is 12.0 Å². The Morgan fingerprint density at radius 2 is 1.90 bits per heavy atom. The lowest BCUT2D eigenvalue weighted by Gasteiger charge is -2.27. The molecule has 7 heteroatoms. The van der Waals surface area contributed by atoms with Crippen LogP contribution in [0.4, 0.5) is 0 Å². The van der Waals surface area contributed by atoms with Crippen LogP contribution in [0.3, 0.4) is 0 Å². The van der Waals surface area contributed by atoms with Gasteiger partial charge in [0.2, 0.25) is 0 Å². The first kappa shape index (κ1) is 24.0. The van der Waals surface area contributed by atoms with E-state index < -0.39 is 0 Å². The molecule has 170 valence electrons. The van der Waals surface area contributed by atoms with Crippen LogP contribution in [0.25, 0.3) is 0 Å². The Morgan fingerprint density at radius 3 is 2.61 bits per heavy atom. The zero-order chi connectivity index (χ0) is 20.8. The quantitative estimate of drug-likeness (QED) is 0.345. The Bertz CT molecular complexity index is 842. The first-order chi connectivity index (χ1) is 14.7. The van der Waals surface area contributed by atoms with E-state index in [9.17, 15) is 0 Å². The molecule has 0 bridgehead atoms.